The van der Waals surface area contributed by atoms with Crippen molar-refractivity contribution in [3.8, 4) is 0 Å². The zero-order valence-corrected chi connectivity index (χ0v) is 12.3. The normalized spacial score (nSPS) is 23.7. The van der Waals surface area contributed by atoms with Crippen molar-refractivity contribution in [1.29, 1.82) is 0 Å². The lowest BCUT2D eigenvalue weighted by Crippen LogP contribution is -2.37. The van der Waals surface area contributed by atoms with Gasteiger partial charge in [0, 0.05) is 42.9 Å². The molecule has 2 heterocycles. The summed E-state index contributed by atoms with van der Waals surface area (Å²) in [5.74, 6) is 0.727. The maximum atomic E-state index is 12.9. The summed E-state index contributed by atoms with van der Waals surface area (Å²) in [7, 11) is 0. The molecule has 2 fully saturated rings. The third-order valence-electron chi connectivity index (χ3n) is 4.79. The molecule has 1 saturated heterocycles. The Balaban J connectivity index is 1.53. The predicted octanol–water partition coefficient (Wildman–Crippen LogP) is 2.30. The van der Waals surface area contributed by atoms with Crippen molar-refractivity contribution in [2.24, 2.45) is 5.92 Å². The van der Waals surface area contributed by atoms with E-state index in [0.29, 0.717) is 12.0 Å². The molecule has 1 aromatic carbocycles. The average Bonchev–Trinajstić information content (AvgIpc) is 3.02. The second kappa shape index (κ2) is 5.34. The van der Waals surface area contributed by atoms with Crippen LogP contribution in [0.3, 0.4) is 0 Å². The van der Waals surface area contributed by atoms with E-state index in [4.69, 9.17) is 4.74 Å². The second-order valence-corrected chi connectivity index (χ2v) is 6.47. The highest BCUT2D eigenvalue weighted by Crippen LogP contribution is 2.31. The van der Waals surface area contributed by atoms with Gasteiger partial charge in [0.15, 0.2) is 0 Å². The topological polar surface area (TPSA) is 41.6 Å². The molecule has 0 bridgehead atoms. The molecule has 1 aliphatic carbocycles. The summed E-state index contributed by atoms with van der Waals surface area (Å²) in [5, 5.41) is 3.35. The standard InChI is InChI=1S/C17H22N2O2/c20-17(14-1-4-16-13(9-14)5-7-18-16)19(15-2-3-15)10-12-6-8-21-11-12/h1,4,9,12,15,18H,2-3,5-8,10-11H2. The number of carbonyl (C=O) groups excluding carboxylic acids is 1. The summed E-state index contributed by atoms with van der Waals surface area (Å²) < 4.78 is 5.46. The number of nitrogens with one attached hydrogen (secondary N) is 1. The molecule has 1 saturated carbocycles. The monoisotopic (exact) mass is 286 g/mol. The van der Waals surface area contributed by atoms with E-state index in [2.05, 4.69) is 22.3 Å². The van der Waals surface area contributed by atoms with Crippen LogP contribution in [0.1, 0.15) is 35.2 Å². The summed E-state index contributed by atoms with van der Waals surface area (Å²) in [6, 6.07) is 6.57. The molecular formula is C17H22N2O2. The Morgan fingerprint density at radius 3 is 3.00 bits per heavy atom. The zero-order valence-electron chi connectivity index (χ0n) is 12.3. The third kappa shape index (κ3) is 2.64. The van der Waals surface area contributed by atoms with Gasteiger partial charge in [0.2, 0.25) is 0 Å². The van der Waals surface area contributed by atoms with Gasteiger partial charge in [-0.25, -0.2) is 0 Å². The van der Waals surface area contributed by atoms with Gasteiger partial charge in [0.1, 0.15) is 0 Å². The Labute approximate surface area is 125 Å². The van der Waals surface area contributed by atoms with E-state index >= 15 is 0 Å². The fourth-order valence-electron chi connectivity index (χ4n) is 3.39. The van der Waals surface area contributed by atoms with E-state index in [1.54, 1.807) is 0 Å². The minimum atomic E-state index is 0.208. The van der Waals surface area contributed by atoms with Gasteiger partial charge in [-0.1, -0.05) is 0 Å². The second-order valence-electron chi connectivity index (χ2n) is 6.47. The predicted molar refractivity (Wildman–Crippen MR) is 81.6 cm³/mol. The van der Waals surface area contributed by atoms with Crippen LogP contribution >= 0.6 is 0 Å². The van der Waals surface area contributed by atoms with Crippen molar-refractivity contribution in [1.82, 2.24) is 4.90 Å². The molecule has 112 valence electrons. The van der Waals surface area contributed by atoms with Crippen LogP contribution in [0.5, 0.6) is 0 Å². The van der Waals surface area contributed by atoms with Crippen LogP contribution in [0, 0.1) is 5.92 Å². The molecule has 1 amide bonds. The Hall–Kier alpha value is -1.55. The van der Waals surface area contributed by atoms with Gasteiger partial charge in [0.25, 0.3) is 5.91 Å². The first-order valence-corrected chi connectivity index (χ1v) is 8.07. The number of rotatable bonds is 4. The number of anilines is 1. The van der Waals surface area contributed by atoms with Gasteiger partial charge < -0.3 is 15.0 Å². The largest absolute Gasteiger partial charge is 0.384 e. The number of carbonyl (C=O) groups is 1. The molecule has 1 N–H and O–H groups in total. The maximum Gasteiger partial charge on any atom is 0.254 e. The van der Waals surface area contributed by atoms with Gasteiger partial charge >= 0.3 is 0 Å². The Bertz CT molecular complexity index is 548. The van der Waals surface area contributed by atoms with Crippen LogP contribution in [0.2, 0.25) is 0 Å². The lowest BCUT2D eigenvalue weighted by Gasteiger charge is -2.25. The molecule has 21 heavy (non-hydrogen) atoms. The number of hydrogen-bond donors (Lipinski definition) is 1. The Kier molecular flexibility index (Phi) is 3.34. The van der Waals surface area contributed by atoms with Crippen molar-refractivity contribution >= 4 is 11.6 Å². The van der Waals surface area contributed by atoms with E-state index in [1.807, 2.05) is 6.07 Å². The van der Waals surface area contributed by atoms with Crippen LogP contribution in [0.25, 0.3) is 0 Å². The van der Waals surface area contributed by atoms with Crippen molar-refractivity contribution in [3.05, 3.63) is 29.3 Å². The van der Waals surface area contributed by atoms with Crippen molar-refractivity contribution in [2.75, 3.05) is 31.6 Å². The smallest absolute Gasteiger partial charge is 0.254 e. The highest BCUT2D eigenvalue weighted by Gasteiger charge is 2.35. The number of benzene rings is 1. The van der Waals surface area contributed by atoms with E-state index in [0.717, 1.165) is 57.6 Å². The number of ether oxygens (including phenoxy) is 1. The number of fused-ring (bicyclic) bond motifs is 1. The van der Waals surface area contributed by atoms with Gasteiger partial charge in [-0.2, -0.15) is 0 Å². The van der Waals surface area contributed by atoms with E-state index in [1.165, 1.54) is 11.3 Å². The van der Waals surface area contributed by atoms with E-state index in [-0.39, 0.29) is 5.91 Å². The van der Waals surface area contributed by atoms with E-state index < -0.39 is 0 Å². The first-order chi connectivity index (χ1) is 10.3. The van der Waals surface area contributed by atoms with Gasteiger partial charge in [-0.05, 0) is 49.4 Å². The molecule has 1 atom stereocenters. The Morgan fingerprint density at radius 1 is 1.33 bits per heavy atom. The number of nitrogens with zero attached hydrogens (tertiary/aromatic N) is 1. The molecule has 1 unspecified atom stereocenters. The molecule has 4 heteroatoms. The van der Waals surface area contributed by atoms with Gasteiger partial charge in [0.05, 0.1) is 6.61 Å². The van der Waals surface area contributed by atoms with E-state index in [9.17, 15) is 4.79 Å². The van der Waals surface area contributed by atoms with Crippen LogP contribution in [-0.2, 0) is 11.2 Å². The molecule has 0 radical (unpaired) electrons. The van der Waals surface area contributed by atoms with Crippen LogP contribution in [0.4, 0.5) is 5.69 Å². The molecule has 1 aromatic rings. The summed E-state index contributed by atoms with van der Waals surface area (Å²) in [4.78, 5) is 15.0. The molecule has 4 nitrogen and oxygen atoms in total. The Morgan fingerprint density at radius 2 is 2.24 bits per heavy atom. The highest BCUT2D eigenvalue weighted by atomic mass is 16.5. The highest BCUT2D eigenvalue weighted by molar-refractivity contribution is 5.95. The van der Waals surface area contributed by atoms with Crippen LogP contribution < -0.4 is 5.32 Å². The van der Waals surface area contributed by atoms with Crippen molar-refractivity contribution in [2.45, 2.75) is 31.7 Å². The molecule has 3 aliphatic rings. The fourth-order valence-corrected chi connectivity index (χ4v) is 3.39. The summed E-state index contributed by atoms with van der Waals surface area (Å²) in [5.41, 5.74) is 3.32. The molecule has 0 aromatic heterocycles. The first kappa shape index (κ1) is 13.1. The SMILES string of the molecule is O=C(c1ccc2c(c1)CCN2)N(CC1CCOC1)C1CC1. The van der Waals surface area contributed by atoms with Crippen LogP contribution in [-0.4, -0.2) is 43.2 Å². The molecule has 0 spiro atoms. The third-order valence-corrected chi connectivity index (χ3v) is 4.79. The molecule has 2 aliphatic heterocycles. The van der Waals surface area contributed by atoms with Crippen molar-refractivity contribution in [3.63, 3.8) is 0 Å². The zero-order chi connectivity index (χ0) is 14.2. The number of amides is 1. The minimum Gasteiger partial charge on any atom is -0.384 e. The lowest BCUT2D eigenvalue weighted by atomic mass is 10.1. The summed E-state index contributed by atoms with van der Waals surface area (Å²) in [6.45, 7) is 3.50. The summed E-state index contributed by atoms with van der Waals surface area (Å²) >= 11 is 0. The quantitative estimate of drug-likeness (QED) is 0.923. The minimum absolute atomic E-state index is 0.208. The summed E-state index contributed by atoms with van der Waals surface area (Å²) in [6.07, 6.45) is 4.43. The van der Waals surface area contributed by atoms with Crippen LogP contribution in [0.15, 0.2) is 18.2 Å². The van der Waals surface area contributed by atoms with Crippen molar-refractivity contribution < 1.29 is 9.53 Å². The number of hydrogen-bond acceptors (Lipinski definition) is 3. The van der Waals surface area contributed by atoms with Gasteiger partial charge in [-0.15, -0.1) is 0 Å². The fraction of sp³-hybridized carbons (Fsp3) is 0.588. The lowest BCUT2D eigenvalue weighted by molar-refractivity contribution is 0.0706. The maximum absolute atomic E-state index is 12.9. The van der Waals surface area contributed by atoms with Gasteiger partial charge in [-0.3, -0.25) is 4.79 Å². The first-order valence-electron chi connectivity index (χ1n) is 8.07. The average molecular weight is 286 g/mol. The molecular weight excluding hydrogens is 264 g/mol. The molecule has 4 rings (SSSR count).